The molecule has 0 atom stereocenters. The molecule has 0 N–H and O–H groups in total. The van der Waals surface area contributed by atoms with E-state index >= 15 is 0 Å². The minimum Gasteiger partial charge on any atom is -0.299 e. The fourth-order valence-corrected chi connectivity index (χ4v) is 2.70. The first kappa shape index (κ1) is 12.1. The first-order valence-electron chi connectivity index (χ1n) is 5.71. The number of hydrogen-bond donors (Lipinski definition) is 0. The smallest absolute Gasteiger partial charge is 0.299 e. The van der Waals surface area contributed by atoms with Gasteiger partial charge >= 0.3 is 0 Å². The van der Waals surface area contributed by atoms with Crippen LogP contribution in [0.2, 0.25) is 0 Å². The lowest BCUT2D eigenvalue weighted by molar-refractivity contribution is -0.114. The number of rotatable bonds is 2. The third kappa shape index (κ3) is 1.88. The van der Waals surface area contributed by atoms with E-state index in [1.165, 1.54) is 4.90 Å². The van der Waals surface area contributed by atoms with Gasteiger partial charge in [0.2, 0.25) is 0 Å². The Balaban J connectivity index is 2.02. The summed E-state index contributed by atoms with van der Waals surface area (Å²) in [6, 6.07) is 7.16. The Bertz CT molecular complexity index is 693. The normalized spacial score (nSPS) is 14.1. The molecule has 1 aromatic heterocycles. The maximum absolute atomic E-state index is 12.0. The first-order chi connectivity index (χ1) is 9.08. The van der Waals surface area contributed by atoms with E-state index in [1.54, 1.807) is 29.1 Å². The van der Waals surface area contributed by atoms with Crippen LogP contribution in [0.1, 0.15) is 16.1 Å². The van der Waals surface area contributed by atoms with Crippen LogP contribution in [0.4, 0.5) is 5.69 Å². The highest BCUT2D eigenvalue weighted by atomic mass is 79.9. The van der Waals surface area contributed by atoms with Gasteiger partial charge in [0.15, 0.2) is 0 Å². The van der Waals surface area contributed by atoms with Crippen LogP contribution in [0.25, 0.3) is 0 Å². The van der Waals surface area contributed by atoms with Crippen LogP contribution < -0.4 is 4.90 Å². The third-order valence-corrected chi connectivity index (χ3v) is 3.70. The molecule has 1 amide bonds. The number of carbonyl (C=O) groups is 2. The minimum absolute atomic E-state index is 0.300. The van der Waals surface area contributed by atoms with Crippen LogP contribution in [0, 0.1) is 0 Å². The summed E-state index contributed by atoms with van der Waals surface area (Å²) in [7, 11) is 1.81. The van der Waals surface area contributed by atoms with Crippen molar-refractivity contribution in [2.45, 2.75) is 6.54 Å². The molecule has 0 unspecified atom stereocenters. The molecule has 0 radical (unpaired) electrons. The number of carbonyl (C=O) groups excluding carboxylic acids is 2. The zero-order valence-corrected chi connectivity index (χ0v) is 11.7. The van der Waals surface area contributed by atoms with Crippen molar-refractivity contribution in [3.63, 3.8) is 0 Å². The summed E-state index contributed by atoms with van der Waals surface area (Å²) in [6.45, 7) is 0.300. The number of Topliss-reactive ketones (excluding diaryl/α,β-unsaturated/α-hetero) is 1. The molecule has 2 aromatic rings. The molecule has 3 rings (SSSR count). The van der Waals surface area contributed by atoms with Crippen molar-refractivity contribution in [3.05, 3.63) is 46.2 Å². The fraction of sp³-hybridized carbons (Fsp3) is 0.154. The highest BCUT2D eigenvalue weighted by Gasteiger charge is 2.37. The average molecular weight is 320 g/mol. The van der Waals surface area contributed by atoms with Crippen molar-refractivity contribution in [1.29, 1.82) is 0 Å². The Hall–Kier alpha value is -1.95. The fourth-order valence-electron chi connectivity index (χ4n) is 2.17. The minimum atomic E-state index is -0.507. The van der Waals surface area contributed by atoms with Crippen molar-refractivity contribution in [2.24, 2.45) is 7.05 Å². The molecule has 96 valence electrons. The lowest BCUT2D eigenvalue weighted by atomic mass is 10.1. The molecule has 1 aliphatic heterocycles. The van der Waals surface area contributed by atoms with Crippen LogP contribution in [-0.2, 0) is 18.4 Å². The van der Waals surface area contributed by atoms with Gasteiger partial charge in [-0.1, -0.05) is 6.07 Å². The van der Waals surface area contributed by atoms with Gasteiger partial charge in [0.05, 0.1) is 23.5 Å². The second-order valence-corrected chi connectivity index (χ2v) is 5.19. The highest BCUT2D eigenvalue weighted by Crippen LogP contribution is 2.34. The second-order valence-electron chi connectivity index (χ2n) is 4.34. The summed E-state index contributed by atoms with van der Waals surface area (Å²) in [4.78, 5) is 25.5. The number of fused-ring (bicyclic) bond motifs is 1. The van der Waals surface area contributed by atoms with E-state index in [-0.39, 0.29) is 0 Å². The van der Waals surface area contributed by atoms with E-state index in [4.69, 9.17) is 0 Å². The van der Waals surface area contributed by atoms with Gasteiger partial charge in [-0.3, -0.25) is 19.2 Å². The van der Waals surface area contributed by atoms with Crippen molar-refractivity contribution in [1.82, 2.24) is 9.78 Å². The van der Waals surface area contributed by atoms with Gasteiger partial charge in [-0.15, -0.1) is 0 Å². The summed E-state index contributed by atoms with van der Waals surface area (Å²) < 4.78 is 2.31. The molecule has 2 heterocycles. The number of aromatic nitrogens is 2. The van der Waals surface area contributed by atoms with Gasteiger partial charge in [-0.2, -0.15) is 5.10 Å². The molecule has 6 heteroatoms. The molecule has 0 aliphatic carbocycles. The summed E-state index contributed by atoms with van der Waals surface area (Å²) in [5.74, 6) is -0.981. The average Bonchev–Trinajstić information content (AvgIpc) is 2.88. The second kappa shape index (κ2) is 4.31. The maximum Gasteiger partial charge on any atom is 0.299 e. The summed E-state index contributed by atoms with van der Waals surface area (Å²) in [5.41, 5.74) is 1.81. The van der Waals surface area contributed by atoms with E-state index in [9.17, 15) is 9.59 Å². The molecule has 0 saturated heterocycles. The van der Waals surface area contributed by atoms with Gasteiger partial charge in [-0.05, 0) is 34.1 Å². The molecule has 0 spiro atoms. The van der Waals surface area contributed by atoms with Crippen LogP contribution in [-0.4, -0.2) is 21.5 Å². The van der Waals surface area contributed by atoms with Crippen LogP contribution in [0.5, 0.6) is 0 Å². The van der Waals surface area contributed by atoms with E-state index in [0.29, 0.717) is 22.3 Å². The zero-order chi connectivity index (χ0) is 13.6. The molecular formula is C13H10BrN3O2. The Morgan fingerprint density at radius 1 is 1.26 bits per heavy atom. The topological polar surface area (TPSA) is 55.2 Å². The monoisotopic (exact) mass is 319 g/mol. The highest BCUT2D eigenvalue weighted by molar-refractivity contribution is 9.10. The van der Waals surface area contributed by atoms with E-state index in [0.717, 1.165) is 5.69 Å². The number of amides is 1. The molecule has 0 fully saturated rings. The standard InChI is InChI=1S/C13H10BrN3O2/c1-16-6-5-8(15-16)7-17-10-4-2-3-9(14)11(10)12(18)13(17)19/h2-6H,7H2,1H3. The van der Waals surface area contributed by atoms with E-state index in [2.05, 4.69) is 21.0 Å². The number of benzene rings is 1. The van der Waals surface area contributed by atoms with Gasteiger partial charge in [0.25, 0.3) is 11.7 Å². The SMILES string of the molecule is Cn1ccc(CN2C(=O)C(=O)c3c(Br)cccc32)n1. The largest absolute Gasteiger partial charge is 0.299 e. The number of aryl methyl sites for hydroxylation is 1. The summed E-state index contributed by atoms with van der Waals surface area (Å²) in [6.07, 6.45) is 1.81. The lowest BCUT2D eigenvalue weighted by Gasteiger charge is -2.14. The lowest BCUT2D eigenvalue weighted by Crippen LogP contribution is -2.29. The maximum atomic E-state index is 12.0. The molecule has 0 bridgehead atoms. The Kier molecular flexibility index (Phi) is 2.74. The molecule has 0 saturated carbocycles. The van der Waals surface area contributed by atoms with Gasteiger partial charge < -0.3 is 0 Å². The number of anilines is 1. The molecule has 1 aromatic carbocycles. The molecule has 19 heavy (non-hydrogen) atoms. The van der Waals surface area contributed by atoms with Crippen molar-refractivity contribution in [2.75, 3.05) is 4.90 Å². The Morgan fingerprint density at radius 2 is 2.05 bits per heavy atom. The molecule has 5 nitrogen and oxygen atoms in total. The summed E-state index contributed by atoms with van der Waals surface area (Å²) >= 11 is 3.31. The van der Waals surface area contributed by atoms with Gasteiger partial charge in [0, 0.05) is 17.7 Å². The third-order valence-electron chi connectivity index (χ3n) is 3.04. The van der Waals surface area contributed by atoms with Crippen molar-refractivity contribution >= 4 is 33.3 Å². The number of nitrogens with zero attached hydrogens (tertiary/aromatic N) is 3. The number of hydrogen-bond acceptors (Lipinski definition) is 3. The summed E-state index contributed by atoms with van der Waals surface area (Å²) in [5, 5.41) is 4.23. The van der Waals surface area contributed by atoms with Crippen molar-refractivity contribution < 1.29 is 9.59 Å². The number of ketones is 1. The number of halogens is 1. The predicted molar refractivity (Wildman–Crippen MR) is 72.9 cm³/mol. The van der Waals surface area contributed by atoms with Crippen LogP contribution in [0.15, 0.2) is 34.9 Å². The van der Waals surface area contributed by atoms with Gasteiger partial charge in [0.1, 0.15) is 0 Å². The van der Waals surface area contributed by atoms with Gasteiger partial charge in [-0.25, -0.2) is 0 Å². The molecular weight excluding hydrogens is 310 g/mol. The van der Waals surface area contributed by atoms with E-state index < -0.39 is 11.7 Å². The predicted octanol–water partition coefficient (Wildman–Crippen LogP) is 1.91. The van der Waals surface area contributed by atoms with Crippen LogP contribution >= 0.6 is 15.9 Å². The Labute approximate surface area is 118 Å². The quantitative estimate of drug-likeness (QED) is 0.794. The molecule has 1 aliphatic rings. The Morgan fingerprint density at radius 3 is 2.74 bits per heavy atom. The van der Waals surface area contributed by atoms with E-state index in [1.807, 2.05) is 13.1 Å². The zero-order valence-electron chi connectivity index (χ0n) is 10.1. The van der Waals surface area contributed by atoms with Crippen LogP contribution in [0.3, 0.4) is 0 Å². The first-order valence-corrected chi connectivity index (χ1v) is 6.50. The van der Waals surface area contributed by atoms with Crippen molar-refractivity contribution in [3.8, 4) is 0 Å².